The molecule has 4 amide bonds. The van der Waals surface area contributed by atoms with Crippen LogP contribution in [0.3, 0.4) is 0 Å². The molecule has 4 N–H and O–H groups in total. The Labute approximate surface area is 185 Å². The van der Waals surface area contributed by atoms with Gasteiger partial charge in [0.2, 0.25) is 11.8 Å². The highest BCUT2D eigenvalue weighted by molar-refractivity contribution is 7.08. The summed E-state index contributed by atoms with van der Waals surface area (Å²) in [6, 6.07) is 11.1. The molecule has 0 radical (unpaired) electrons. The Morgan fingerprint density at radius 2 is 2.03 bits per heavy atom. The fourth-order valence-electron chi connectivity index (χ4n) is 4.22. The molecule has 164 valence electrons. The van der Waals surface area contributed by atoms with Crippen LogP contribution < -0.4 is 21.3 Å². The van der Waals surface area contributed by atoms with Gasteiger partial charge in [0.15, 0.2) is 0 Å². The second-order valence-corrected chi connectivity index (χ2v) is 8.74. The van der Waals surface area contributed by atoms with Gasteiger partial charge in [0.1, 0.15) is 0 Å². The van der Waals surface area contributed by atoms with E-state index < -0.39 is 0 Å². The molecule has 0 saturated carbocycles. The highest BCUT2D eigenvalue weighted by Gasteiger charge is 2.43. The highest BCUT2D eigenvalue weighted by atomic mass is 32.1. The summed E-state index contributed by atoms with van der Waals surface area (Å²) in [5.41, 5.74) is 1.82. The van der Waals surface area contributed by atoms with Gasteiger partial charge in [0, 0.05) is 43.5 Å². The number of piperazine rings is 1. The smallest absolute Gasteiger partial charge is 0.319 e. The van der Waals surface area contributed by atoms with Crippen LogP contribution in [0.5, 0.6) is 0 Å². The standard InChI is InChI=1S/C22H27N5O3S/c28-20(23-11-15-4-2-1-3-5-15)7-6-18-12-24-21(29)19-10-17(13-27(18)19)26-22(30)25-16-8-9-31-14-16/h1-5,8-9,14,17-19H,6-7,10-13H2,(H,23,28)(H,24,29)(H2,25,26,30)/t17-,18+,19-/m0/s1. The van der Waals surface area contributed by atoms with E-state index in [1.807, 2.05) is 47.2 Å². The van der Waals surface area contributed by atoms with Crippen molar-refractivity contribution in [3.8, 4) is 0 Å². The van der Waals surface area contributed by atoms with Crippen LogP contribution in [0.1, 0.15) is 24.8 Å². The number of fused-ring (bicyclic) bond motifs is 1. The lowest BCUT2D eigenvalue weighted by Crippen LogP contribution is -2.58. The van der Waals surface area contributed by atoms with E-state index in [1.165, 1.54) is 11.3 Å². The summed E-state index contributed by atoms with van der Waals surface area (Å²) in [4.78, 5) is 39.0. The first kappa shape index (κ1) is 21.3. The summed E-state index contributed by atoms with van der Waals surface area (Å²) in [6.45, 7) is 1.64. The molecular weight excluding hydrogens is 414 g/mol. The van der Waals surface area contributed by atoms with E-state index in [0.29, 0.717) is 38.9 Å². The fourth-order valence-corrected chi connectivity index (χ4v) is 4.81. The lowest BCUT2D eigenvalue weighted by molar-refractivity contribution is -0.129. The predicted octanol–water partition coefficient (Wildman–Crippen LogP) is 1.91. The van der Waals surface area contributed by atoms with Crippen molar-refractivity contribution in [2.75, 3.05) is 18.4 Å². The van der Waals surface area contributed by atoms with Crippen molar-refractivity contribution in [3.05, 3.63) is 52.7 Å². The van der Waals surface area contributed by atoms with Gasteiger partial charge in [-0.2, -0.15) is 11.3 Å². The van der Waals surface area contributed by atoms with Gasteiger partial charge in [0.05, 0.1) is 11.7 Å². The van der Waals surface area contributed by atoms with Gasteiger partial charge in [-0.15, -0.1) is 0 Å². The number of rotatable bonds is 7. The zero-order valence-electron chi connectivity index (χ0n) is 17.2. The number of nitrogens with zero attached hydrogens (tertiary/aromatic N) is 1. The molecule has 2 saturated heterocycles. The number of amides is 4. The number of carbonyl (C=O) groups excluding carboxylic acids is 3. The molecule has 1 aromatic carbocycles. The van der Waals surface area contributed by atoms with Gasteiger partial charge in [-0.1, -0.05) is 30.3 Å². The lowest BCUT2D eigenvalue weighted by Gasteiger charge is -2.37. The molecule has 31 heavy (non-hydrogen) atoms. The van der Waals surface area contributed by atoms with Crippen LogP contribution >= 0.6 is 11.3 Å². The number of carbonyl (C=O) groups is 3. The summed E-state index contributed by atoms with van der Waals surface area (Å²) < 4.78 is 0. The topological polar surface area (TPSA) is 103 Å². The van der Waals surface area contributed by atoms with E-state index in [9.17, 15) is 14.4 Å². The quantitative estimate of drug-likeness (QED) is 0.527. The largest absolute Gasteiger partial charge is 0.353 e. The number of urea groups is 1. The summed E-state index contributed by atoms with van der Waals surface area (Å²) in [6.07, 6.45) is 1.62. The van der Waals surface area contributed by atoms with Crippen LogP contribution in [0.2, 0.25) is 0 Å². The first-order valence-corrected chi connectivity index (χ1v) is 11.5. The van der Waals surface area contributed by atoms with Crippen molar-refractivity contribution >= 4 is 34.9 Å². The summed E-state index contributed by atoms with van der Waals surface area (Å²) in [5, 5.41) is 15.5. The zero-order chi connectivity index (χ0) is 21.6. The normalized spacial score (nSPS) is 23.0. The Morgan fingerprint density at radius 1 is 1.19 bits per heavy atom. The first-order chi connectivity index (χ1) is 15.1. The average molecular weight is 442 g/mol. The minimum absolute atomic E-state index is 0.00122. The van der Waals surface area contributed by atoms with Crippen LogP contribution in [0.15, 0.2) is 47.2 Å². The maximum atomic E-state index is 12.3. The van der Waals surface area contributed by atoms with Crippen molar-refractivity contribution in [2.45, 2.75) is 43.9 Å². The molecule has 2 fully saturated rings. The van der Waals surface area contributed by atoms with Crippen LogP contribution in [-0.2, 0) is 16.1 Å². The molecular formula is C22H27N5O3S. The Bertz CT molecular complexity index is 905. The number of nitrogens with one attached hydrogen (secondary N) is 4. The first-order valence-electron chi connectivity index (χ1n) is 10.5. The van der Waals surface area contributed by atoms with Crippen molar-refractivity contribution in [3.63, 3.8) is 0 Å². The molecule has 2 aliphatic heterocycles. The number of hydrogen-bond acceptors (Lipinski definition) is 5. The Balaban J connectivity index is 1.26. The predicted molar refractivity (Wildman–Crippen MR) is 120 cm³/mol. The molecule has 9 heteroatoms. The van der Waals surface area contributed by atoms with E-state index in [0.717, 1.165) is 11.3 Å². The van der Waals surface area contributed by atoms with E-state index in [2.05, 4.69) is 26.2 Å². The molecule has 0 spiro atoms. The number of benzene rings is 1. The monoisotopic (exact) mass is 441 g/mol. The van der Waals surface area contributed by atoms with Crippen LogP contribution in [0.25, 0.3) is 0 Å². The Hall–Kier alpha value is -2.91. The molecule has 8 nitrogen and oxygen atoms in total. The molecule has 2 aromatic rings. The van der Waals surface area contributed by atoms with Crippen molar-refractivity contribution in [1.82, 2.24) is 20.9 Å². The van der Waals surface area contributed by atoms with Crippen LogP contribution in [0.4, 0.5) is 10.5 Å². The molecule has 0 bridgehead atoms. The van der Waals surface area contributed by atoms with Gasteiger partial charge in [0.25, 0.3) is 0 Å². The summed E-state index contributed by atoms with van der Waals surface area (Å²) in [7, 11) is 0. The third-order valence-corrected chi connectivity index (χ3v) is 6.46. The minimum Gasteiger partial charge on any atom is -0.353 e. The van der Waals surface area contributed by atoms with Gasteiger partial charge >= 0.3 is 6.03 Å². The third-order valence-electron chi connectivity index (χ3n) is 5.77. The second-order valence-electron chi connectivity index (χ2n) is 7.96. The van der Waals surface area contributed by atoms with E-state index in [4.69, 9.17) is 0 Å². The van der Waals surface area contributed by atoms with E-state index in [-0.39, 0.29) is 36.0 Å². The van der Waals surface area contributed by atoms with Gasteiger partial charge in [-0.3, -0.25) is 14.5 Å². The Kier molecular flexibility index (Phi) is 6.83. The fraction of sp³-hybridized carbons (Fsp3) is 0.409. The molecule has 0 unspecified atom stereocenters. The molecule has 3 atom stereocenters. The zero-order valence-corrected chi connectivity index (χ0v) is 18.0. The molecule has 1 aromatic heterocycles. The second kappa shape index (κ2) is 9.93. The van der Waals surface area contributed by atoms with Crippen LogP contribution in [-0.4, -0.2) is 54.0 Å². The van der Waals surface area contributed by atoms with E-state index >= 15 is 0 Å². The summed E-state index contributed by atoms with van der Waals surface area (Å²) in [5.74, 6) is -0.00589. The Morgan fingerprint density at radius 3 is 2.81 bits per heavy atom. The number of thiophene rings is 1. The molecule has 0 aliphatic carbocycles. The van der Waals surface area contributed by atoms with Gasteiger partial charge in [-0.25, -0.2) is 4.79 Å². The molecule has 3 heterocycles. The molecule has 4 rings (SSSR count). The maximum absolute atomic E-state index is 12.3. The number of hydrogen-bond donors (Lipinski definition) is 4. The van der Waals surface area contributed by atoms with Gasteiger partial charge < -0.3 is 21.3 Å². The lowest BCUT2D eigenvalue weighted by atomic mass is 10.0. The minimum atomic E-state index is -0.266. The SMILES string of the molecule is O=C(CC[C@@H]1CNC(=O)[C@@H]2C[C@H](NC(=O)Nc3ccsc3)CN12)NCc1ccccc1. The maximum Gasteiger partial charge on any atom is 0.319 e. The average Bonchev–Trinajstić information content (AvgIpc) is 3.43. The van der Waals surface area contributed by atoms with E-state index in [1.54, 1.807) is 0 Å². The highest BCUT2D eigenvalue weighted by Crippen LogP contribution is 2.26. The van der Waals surface area contributed by atoms with Gasteiger partial charge in [-0.05, 0) is 29.9 Å². The van der Waals surface area contributed by atoms with Crippen molar-refractivity contribution in [1.29, 1.82) is 0 Å². The van der Waals surface area contributed by atoms with Crippen LogP contribution in [0, 0.1) is 0 Å². The third kappa shape index (κ3) is 5.62. The summed E-state index contributed by atoms with van der Waals surface area (Å²) >= 11 is 1.51. The number of anilines is 1. The van der Waals surface area contributed by atoms with Crippen molar-refractivity contribution < 1.29 is 14.4 Å². The van der Waals surface area contributed by atoms with Crippen molar-refractivity contribution in [2.24, 2.45) is 0 Å². The molecule has 2 aliphatic rings.